The number of alkyl halides is 2. The maximum absolute atomic E-state index is 13.1. The van der Waals surface area contributed by atoms with Crippen LogP contribution in [0.15, 0.2) is 30.5 Å². The predicted octanol–water partition coefficient (Wildman–Crippen LogP) is 2.01. The number of carbonyl (C=O) groups is 2. The van der Waals surface area contributed by atoms with Crippen molar-refractivity contribution in [3.8, 4) is 0 Å². The van der Waals surface area contributed by atoms with Crippen molar-refractivity contribution in [1.82, 2.24) is 14.9 Å². The van der Waals surface area contributed by atoms with Crippen LogP contribution in [0.4, 0.5) is 26.2 Å². The molecule has 2 aromatic rings. The molecule has 0 bridgehead atoms. The summed E-state index contributed by atoms with van der Waals surface area (Å²) in [4.78, 5) is 34.1. The largest absolute Gasteiger partial charge is 0.365 e. The summed E-state index contributed by atoms with van der Waals surface area (Å²) in [6.45, 7) is 0.912. The van der Waals surface area contributed by atoms with Crippen LogP contribution in [0.25, 0.3) is 0 Å². The highest BCUT2D eigenvalue weighted by Crippen LogP contribution is 2.33. The summed E-state index contributed by atoms with van der Waals surface area (Å²) in [6.07, 6.45) is 2.82. The van der Waals surface area contributed by atoms with Crippen molar-refractivity contribution in [2.75, 3.05) is 23.7 Å². The Balaban J connectivity index is 1.42. The summed E-state index contributed by atoms with van der Waals surface area (Å²) in [6, 6.07) is 6.97. The summed E-state index contributed by atoms with van der Waals surface area (Å²) >= 11 is 0. The molecule has 3 atom stereocenters. The SMILES string of the molecule is Cc1cccc(Nc2nc(N[C@@H]3CC[C@@H](C(=O)N4CC(F)(F)C4)C[C@@H]3N)ncc2C(N)=O)c1. The number of aromatic nitrogens is 2. The third-order valence-corrected chi connectivity index (χ3v) is 6.05. The van der Waals surface area contributed by atoms with Gasteiger partial charge in [-0.1, -0.05) is 12.1 Å². The topological polar surface area (TPSA) is 139 Å². The Morgan fingerprint density at radius 2 is 2.00 bits per heavy atom. The zero-order valence-electron chi connectivity index (χ0n) is 18.2. The van der Waals surface area contributed by atoms with E-state index in [0.29, 0.717) is 19.3 Å². The second-order valence-electron chi connectivity index (χ2n) is 8.79. The van der Waals surface area contributed by atoms with Crippen LogP contribution in [-0.2, 0) is 4.79 Å². The average Bonchev–Trinajstić information content (AvgIpc) is 2.73. The van der Waals surface area contributed by atoms with E-state index in [9.17, 15) is 18.4 Å². The van der Waals surface area contributed by atoms with Crippen LogP contribution in [0, 0.1) is 12.8 Å². The van der Waals surface area contributed by atoms with Crippen LogP contribution in [0.2, 0.25) is 0 Å². The molecule has 1 aliphatic heterocycles. The summed E-state index contributed by atoms with van der Waals surface area (Å²) in [5.41, 5.74) is 13.7. The smallest absolute Gasteiger partial charge is 0.282 e. The zero-order valence-corrected chi connectivity index (χ0v) is 18.2. The third kappa shape index (κ3) is 5.19. The van der Waals surface area contributed by atoms with Gasteiger partial charge in [0.2, 0.25) is 11.9 Å². The number of rotatable bonds is 6. The number of halogens is 2. The van der Waals surface area contributed by atoms with Crippen LogP contribution < -0.4 is 22.1 Å². The minimum absolute atomic E-state index is 0.145. The van der Waals surface area contributed by atoms with Gasteiger partial charge in [-0.05, 0) is 43.9 Å². The first kappa shape index (κ1) is 22.8. The number of aryl methyl sites for hydroxylation is 1. The van der Waals surface area contributed by atoms with Crippen molar-refractivity contribution in [3.05, 3.63) is 41.6 Å². The van der Waals surface area contributed by atoms with Crippen molar-refractivity contribution in [3.63, 3.8) is 0 Å². The Kier molecular flexibility index (Phi) is 6.15. The number of nitrogens with one attached hydrogen (secondary N) is 2. The standard InChI is InChI=1S/C22H27F2N7O2/c1-12-3-2-4-14(7-12)28-19-15(18(26)32)9-27-21(30-19)29-17-6-5-13(8-16(17)25)20(33)31-10-22(23,24)11-31/h2-4,7,9,13,16-17H,5-6,8,10-11,25H2,1H3,(H2,26,32)(H2,27,28,29,30)/t13-,16+,17-/m1/s1. The number of carbonyl (C=O) groups excluding carboxylic acids is 2. The number of anilines is 3. The monoisotopic (exact) mass is 459 g/mol. The highest BCUT2D eigenvalue weighted by molar-refractivity contribution is 5.98. The fourth-order valence-corrected chi connectivity index (χ4v) is 4.29. The molecule has 9 nitrogen and oxygen atoms in total. The average molecular weight is 460 g/mol. The lowest BCUT2D eigenvalue weighted by Crippen LogP contribution is -2.60. The van der Waals surface area contributed by atoms with Crippen LogP contribution in [0.3, 0.4) is 0 Å². The highest BCUT2D eigenvalue weighted by atomic mass is 19.3. The van der Waals surface area contributed by atoms with Crippen molar-refractivity contribution in [2.45, 2.75) is 44.2 Å². The lowest BCUT2D eigenvalue weighted by Gasteiger charge is -2.42. The van der Waals surface area contributed by atoms with Gasteiger partial charge in [0.15, 0.2) is 0 Å². The van der Waals surface area contributed by atoms with Crippen molar-refractivity contribution >= 4 is 29.3 Å². The van der Waals surface area contributed by atoms with Crippen LogP contribution in [0.1, 0.15) is 35.2 Å². The molecule has 0 radical (unpaired) electrons. The van der Waals surface area contributed by atoms with Crippen LogP contribution in [-0.4, -0.2) is 57.8 Å². The van der Waals surface area contributed by atoms with E-state index < -0.39 is 24.9 Å². The molecule has 6 N–H and O–H groups in total. The molecule has 1 saturated heterocycles. The Hall–Kier alpha value is -3.34. The molecule has 2 amide bonds. The number of amides is 2. The zero-order chi connectivity index (χ0) is 23.8. The van der Waals surface area contributed by atoms with Gasteiger partial charge in [-0.3, -0.25) is 9.59 Å². The summed E-state index contributed by atoms with van der Waals surface area (Å²) in [5.74, 6) is -3.55. The van der Waals surface area contributed by atoms with E-state index in [-0.39, 0.29) is 41.2 Å². The lowest BCUT2D eigenvalue weighted by molar-refractivity contribution is -0.170. The van der Waals surface area contributed by atoms with Gasteiger partial charge in [-0.25, -0.2) is 13.8 Å². The van der Waals surface area contributed by atoms with Crippen LogP contribution >= 0.6 is 0 Å². The van der Waals surface area contributed by atoms with E-state index in [0.717, 1.165) is 11.3 Å². The molecular formula is C22H27F2N7O2. The molecule has 2 fully saturated rings. The fourth-order valence-electron chi connectivity index (χ4n) is 4.29. The van der Waals surface area contributed by atoms with E-state index in [1.165, 1.54) is 11.1 Å². The number of primary amides is 1. The Morgan fingerprint density at radius 3 is 2.64 bits per heavy atom. The molecule has 33 heavy (non-hydrogen) atoms. The van der Waals surface area contributed by atoms with E-state index in [1.807, 2.05) is 31.2 Å². The molecule has 176 valence electrons. The van der Waals surface area contributed by atoms with Gasteiger partial charge in [0, 0.05) is 29.9 Å². The first-order valence-corrected chi connectivity index (χ1v) is 10.8. The fraction of sp³-hybridized carbons (Fsp3) is 0.455. The molecule has 0 unspecified atom stereocenters. The molecule has 1 aromatic carbocycles. The maximum atomic E-state index is 13.1. The molecule has 11 heteroatoms. The van der Waals surface area contributed by atoms with E-state index in [4.69, 9.17) is 11.5 Å². The van der Waals surface area contributed by atoms with Gasteiger partial charge in [-0.15, -0.1) is 0 Å². The molecular weight excluding hydrogens is 432 g/mol. The number of likely N-dealkylation sites (tertiary alicyclic amines) is 1. The number of nitrogens with zero attached hydrogens (tertiary/aromatic N) is 3. The minimum atomic E-state index is -2.78. The molecule has 4 rings (SSSR count). The minimum Gasteiger partial charge on any atom is -0.365 e. The second kappa shape index (κ2) is 8.89. The van der Waals surface area contributed by atoms with Crippen molar-refractivity contribution in [1.29, 1.82) is 0 Å². The first-order valence-electron chi connectivity index (χ1n) is 10.8. The normalized spacial score (nSPS) is 24.0. The Morgan fingerprint density at radius 1 is 1.24 bits per heavy atom. The molecule has 1 aromatic heterocycles. The number of hydrogen-bond acceptors (Lipinski definition) is 7. The van der Waals surface area contributed by atoms with Gasteiger partial charge in [0.1, 0.15) is 11.4 Å². The summed E-state index contributed by atoms with van der Waals surface area (Å²) < 4.78 is 26.2. The number of nitrogens with two attached hydrogens (primary N) is 2. The molecule has 1 saturated carbocycles. The van der Waals surface area contributed by atoms with Gasteiger partial charge >= 0.3 is 0 Å². The Labute approximate surface area is 189 Å². The van der Waals surface area contributed by atoms with Gasteiger partial charge in [0.25, 0.3) is 11.8 Å². The maximum Gasteiger partial charge on any atom is 0.282 e. The number of benzene rings is 1. The lowest BCUT2D eigenvalue weighted by atomic mass is 9.81. The molecule has 2 aliphatic rings. The third-order valence-electron chi connectivity index (χ3n) is 6.05. The summed E-state index contributed by atoms with van der Waals surface area (Å²) in [5, 5.41) is 6.28. The van der Waals surface area contributed by atoms with Gasteiger partial charge in [-0.2, -0.15) is 4.98 Å². The van der Waals surface area contributed by atoms with Crippen LogP contribution in [0.5, 0.6) is 0 Å². The summed E-state index contributed by atoms with van der Waals surface area (Å²) in [7, 11) is 0. The molecule has 0 spiro atoms. The highest BCUT2D eigenvalue weighted by Gasteiger charge is 2.48. The van der Waals surface area contributed by atoms with E-state index in [1.54, 1.807) is 0 Å². The number of hydrogen-bond donors (Lipinski definition) is 4. The predicted molar refractivity (Wildman–Crippen MR) is 119 cm³/mol. The van der Waals surface area contributed by atoms with Gasteiger partial charge < -0.3 is 27.0 Å². The molecule has 1 aliphatic carbocycles. The van der Waals surface area contributed by atoms with Crippen molar-refractivity contribution < 1.29 is 18.4 Å². The quantitative estimate of drug-likeness (QED) is 0.518. The van der Waals surface area contributed by atoms with E-state index >= 15 is 0 Å². The van der Waals surface area contributed by atoms with E-state index in [2.05, 4.69) is 20.6 Å². The molecule has 2 heterocycles. The second-order valence-corrected chi connectivity index (χ2v) is 8.79. The first-order chi connectivity index (χ1) is 15.6. The van der Waals surface area contributed by atoms with Crippen molar-refractivity contribution in [2.24, 2.45) is 17.4 Å². The Bertz CT molecular complexity index is 1060. The van der Waals surface area contributed by atoms with Gasteiger partial charge in [0.05, 0.1) is 13.1 Å².